The fraction of sp³-hybridized carbons (Fsp3) is 0.667. The van der Waals surface area contributed by atoms with Crippen molar-refractivity contribution in [3.63, 3.8) is 0 Å². The Hall–Kier alpha value is -0.970. The molecular formula is C9H17N3OS. The van der Waals surface area contributed by atoms with Crippen LogP contribution >= 0.6 is 11.3 Å². The van der Waals surface area contributed by atoms with Gasteiger partial charge in [-0.15, -0.1) is 10.2 Å². The number of aryl methyl sites for hydroxylation is 1. The molecule has 0 fully saturated rings. The summed E-state index contributed by atoms with van der Waals surface area (Å²) in [5, 5.41) is 11.9. The lowest BCUT2D eigenvalue weighted by Gasteiger charge is -1.90. The number of nitrogens with zero attached hydrogens (tertiary/aromatic N) is 2. The van der Waals surface area contributed by atoms with Crippen molar-refractivity contribution >= 4 is 22.4 Å². The summed E-state index contributed by atoms with van der Waals surface area (Å²) in [7, 11) is 0. The summed E-state index contributed by atoms with van der Waals surface area (Å²) in [4.78, 5) is 10.6. The minimum Gasteiger partial charge on any atom is -0.301 e. The van der Waals surface area contributed by atoms with Crippen LogP contribution in [0, 0.1) is 0 Å². The molecule has 0 saturated heterocycles. The van der Waals surface area contributed by atoms with Crippen LogP contribution < -0.4 is 5.32 Å². The van der Waals surface area contributed by atoms with Crippen molar-refractivity contribution in [3.05, 3.63) is 5.01 Å². The van der Waals surface area contributed by atoms with Crippen LogP contribution in [0.4, 0.5) is 5.13 Å². The first kappa shape index (κ1) is 13.0. The standard InChI is InChI=1S/C7H11N3OS.C2H6/c1-3-4-6-9-10-7(12-6)8-5(2)11;1-2/h3-4H2,1-2H3,(H,8,10,11);1-2H3. The third-order valence-corrected chi connectivity index (χ3v) is 2.11. The van der Waals surface area contributed by atoms with E-state index in [4.69, 9.17) is 0 Å². The van der Waals surface area contributed by atoms with Crippen molar-refractivity contribution in [2.24, 2.45) is 0 Å². The lowest BCUT2D eigenvalue weighted by Crippen LogP contribution is -2.04. The molecule has 4 nitrogen and oxygen atoms in total. The van der Waals surface area contributed by atoms with E-state index in [1.165, 1.54) is 18.3 Å². The van der Waals surface area contributed by atoms with Gasteiger partial charge in [-0.2, -0.15) is 0 Å². The Morgan fingerprint density at radius 3 is 2.57 bits per heavy atom. The molecule has 1 N–H and O–H groups in total. The predicted octanol–water partition coefficient (Wildman–Crippen LogP) is 2.48. The Kier molecular flexibility index (Phi) is 6.92. The van der Waals surface area contributed by atoms with E-state index < -0.39 is 0 Å². The largest absolute Gasteiger partial charge is 0.301 e. The van der Waals surface area contributed by atoms with Gasteiger partial charge >= 0.3 is 0 Å². The fourth-order valence-electron chi connectivity index (χ4n) is 0.770. The molecule has 0 saturated carbocycles. The lowest BCUT2D eigenvalue weighted by atomic mass is 10.4. The van der Waals surface area contributed by atoms with Gasteiger partial charge in [0.1, 0.15) is 5.01 Å². The minimum atomic E-state index is -0.103. The molecule has 0 aromatic carbocycles. The summed E-state index contributed by atoms with van der Waals surface area (Å²) in [6.45, 7) is 7.54. The lowest BCUT2D eigenvalue weighted by molar-refractivity contribution is -0.114. The molecule has 0 radical (unpaired) electrons. The molecule has 0 aliphatic heterocycles. The molecule has 1 aromatic heterocycles. The molecule has 0 spiro atoms. The van der Waals surface area contributed by atoms with E-state index >= 15 is 0 Å². The van der Waals surface area contributed by atoms with E-state index in [-0.39, 0.29) is 5.91 Å². The Labute approximate surface area is 88.8 Å². The highest BCUT2D eigenvalue weighted by Crippen LogP contribution is 2.15. The molecule has 0 aliphatic carbocycles. The SMILES string of the molecule is CC.CCCc1nnc(NC(C)=O)s1. The second-order valence-corrected chi connectivity index (χ2v) is 3.49. The summed E-state index contributed by atoms with van der Waals surface area (Å²) >= 11 is 1.43. The van der Waals surface area contributed by atoms with Gasteiger partial charge in [0.05, 0.1) is 0 Å². The van der Waals surface area contributed by atoms with Gasteiger partial charge in [-0.05, 0) is 6.42 Å². The third kappa shape index (κ3) is 4.91. The summed E-state index contributed by atoms with van der Waals surface area (Å²) in [5.41, 5.74) is 0. The second-order valence-electron chi connectivity index (χ2n) is 2.43. The van der Waals surface area contributed by atoms with Crippen LogP contribution in [0.5, 0.6) is 0 Å². The maximum absolute atomic E-state index is 10.6. The predicted molar refractivity (Wildman–Crippen MR) is 59.6 cm³/mol. The van der Waals surface area contributed by atoms with Crippen molar-refractivity contribution in [2.45, 2.75) is 40.5 Å². The first-order valence-corrected chi connectivity index (χ1v) is 5.64. The normalized spacial score (nSPS) is 8.86. The van der Waals surface area contributed by atoms with Gasteiger partial charge in [0, 0.05) is 13.3 Å². The van der Waals surface area contributed by atoms with E-state index in [2.05, 4.69) is 22.4 Å². The van der Waals surface area contributed by atoms with Crippen molar-refractivity contribution in [2.75, 3.05) is 5.32 Å². The molecule has 5 heteroatoms. The van der Waals surface area contributed by atoms with Crippen molar-refractivity contribution in [1.82, 2.24) is 10.2 Å². The maximum atomic E-state index is 10.6. The van der Waals surface area contributed by atoms with E-state index in [1.807, 2.05) is 13.8 Å². The fourth-order valence-corrected chi connectivity index (χ4v) is 1.66. The first-order chi connectivity index (χ1) is 6.72. The molecule has 1 rings (SSSR count). The van der Waals surface area contributed by atoms with Crippen molar-refractivity contribution < 1.29 is 4.79 Å². The van der Waals surface area contributed by atoms with Crippen LogP contribution in [0.1, 0.15) is 39.1 Å². The van der Waals surface area contributed by atoms with Crippen LogP contribution in [0.3, 0.4) is 0 Å². The molecular weight excluding hydrogens is 198 g/mol. The van der Waals surface area contributed by atoms with Gasteiger partial charge in [-0.1, -0.05) is 32.1 Å². The zero-order valence-electron chi connectivity index (χ0n) is 9.13. The van der Waals surface area contributed by atoms with Crippen LogP contribution in [-0.4, -0.2) is 16.1 Å². The van der Waals surface area contributed by atoms with Crippen LogP contribution in [-0.2, 0) is 11.2 Å². The van der Waals surface area contributed by atoms with Gasteiger partial charge in [0.2, 0.25) is 11.0 Å². The van der Waals surface area contributed by atoms with Crippen molar-refractivity contribution in [3.8, 4) is 0 Å². The Bertz CT molecular complexity index is 273. The van der Waals surface area contributed by atoms with Gasteiger partial charge in [0.25, 0.3) is 0 Å². The molecule has 1 aromatic rings. The number of hydrogen-bond donors (Lipinski definition) is 1. The molecule has 0 bridgehead atoms. The molecule has 0 aliphatic rings. The maximum Gasteiger partial charge on any atom is 0.223 e. The molecule has 0 unspecified atom stereocenters. The topological polar surface area (TPSA) is 54.9 Å². The van der Waals surface area contributed by atoms with E-state index in [0.717, 1.165) is 17.8 Å². The van der Waals surface area contributed by atoms with Crippen LogP contribution in [0.2, 0.25) is 0 Å². The van der Waals surface area contributed by atoms with Crippen LogP contribution in [0.25, 0.3) is 0 Å². The smallest absolute Gasteiger partial charge is 0.223 e. The quantitative estimate of drug-likeness (QED) is 0.842. The zero-order valence-corrected chi connectivity index (χ0v) is 9.94. The zero-order chi connectivity index (χ0) is 11.0. The van der Waals surface area contributed by atoms with Crippen LogP contribution in [0.15, 0.2) is 0 Å². The number of anilines is 1. The number of hydrogen-bond acceptors (Lipinski definition) is 4. The molecule has 1 heterocycles. The highest BCUT2D eigenvalue weighted by Gasteiger charge is 2.03. The Morgan fingerprint density at radius 1 is 1.43 bits per heavy atom. The summed E-state index contributed by atoms with van der Waals surface area (Å²) < 4.78 is 0. The van der Waals surface area contributed by atoms with Gasteiger partial charge < -0.3 is 5.32 Å². The number of aromatic nitrogens is 2. The third-order valence-electron chi connectivity index (χ3n) is 1.21. The molecule has 0 atom stereocenters. The number of amides is 1. The van der Waals surface area contributed by atoms with Gasteiger partial charge in [-0.25, -0.2) is 0 Å². The first-order valence-electron chi connectivity index (χ1n) is 4.82. The van der Waals surface area contributed by atoms with E-state index in [9.17, 15) is 4.79 Å². The van der Waals surface area contributed by atoms with Gasteiger partial charge in [-0.3, -0.25) is 4.79 Å². The highest BCUT2D eigenvalue weighted by molar-refractivity contribution is 7.15. The van der Waals surface area contributed by atoms with E-state index in [1.54, 1.807) is 0 Å². The number of carbonyl (C=O) groups is 1. The number of rotatable bonds is 3. The summed E-state index contributed by atoms with van der Waals surface area (Å²) in [6, 6.07) is 0. The van der Waals surface area contributed by atoms with E-state index in [0.29, 0.717) is 5.13 Å². The number of carbonyl (C=O) groups excluding carboxylic acids is 1. The summed E-state index contributed by atoms with van der Waals surface area (Å²) in [6.07, 6.45) is 1.98. The Morgan fingerprint density at radius 2 is 2.07 bits per heavy atom. The number of nitrogens with one attached hydrogen (secondary N) is 1. The average molecular weight is 215 g/mol. The molecule has 14 heavy (non-hydrogen) atoms. The average Bonchev–Trinajstić information content (AvgIpc) is 2.56. The highest BCUT2D eigenvalue weighted by atomic mass is 32.1. The molecule has 80 valence electrons. The Balaban J connectivity index is 0.000000791. The minimum absolute atomic E-state index is 0.103. The monoisotopic (exact) mass is 215 g/mol. The van der Waals surface area contributed by atoms with Crippen molar-refractivity contribution in [1.29, 1.82) is 0 Å². The second kappa shape index (κ2) is 7.44. The van der Waals surface area contributed by atoms with Gasteiger partial charge in [0.15, 0.2) is 0 Å². The molecule has 1 amide bonds. The summed E-state index contributed by atoms with van der Waals surface area (Å²) in [5.74, 6) is -0.103.